The molecule has 0 aliphatic rings. The van der Waals surface area contributed by atoms with Crippen molar-refractivity contribution < 1.29 is 9.90 Å². The van der Waals surface area contributed by atoms with Gasteiger partial charge in [-0.15, -0.1) is 11.8 Å². The summed E-state index contributed by atoms with van der Waals surface area (Å²) in [4.78, 5) is 10.7. The van der Waals surface area contributed by atoms with E-state index >= 15 is 0 Å². The molecular formula is C9H16O2S. The third kappa shape index (κ3) is 3.81. The molecule has 0 aromatic carbocycles. The highest BCUT2D eigenvalue weighted by Gasteiger charge is 2.27. The highest BCUT2D eigenvalue weighted by molar-refractivity contribution is 8.01. The highest BCUT2D eigenvalue weighted by atomic mass is 32.2. The smallest absolute Gasteiger partial charge is 0.319 e. The van der Waals surface area contributed by atoms with E-state index in [9.17, 15) is 4.79 Å². The molecule has 2 nitrogen and oxygen atoms in total. The lowest BCUT2D eigenvalue weighted by Crippen LogP contribution is -2.27. The van der Waals surface area contributed by atoms with Crippen LogP contribution in [0.1, 0.15) is 27.2 Å². The molecule has 0 aromatic heterocycles. The van der Waals surface area contributed by atoms with Gasteiger partial charge in [-0.05, 0) is 20.3 Å². The van der Waals surface area contributed by atoms with Gasteiger partial charge < -0.3 is 5.11 Å². The van der Waals surface area contributed by atoms with Crippen molar-refractivity contribution in [2.45, 2.75) is 31.9 Å². The maximum atomic E-state index is 10.7. The SMILES string of the molecule is C=C(CC)CSC(C)(C)C(=O)O. The fourth-order valence-electron chi connectivity index (χ4n) is 0.446. The van der Waals surface area contributed by atoms with E-state index in [2.05, 4.69) is 6.58 Å². The summed E-state index contributed by atoms with van der Waals surface area (Å²) in [7, 11) is 0. The van der Waals surface area contributed by atoms with Crippen LogP contribution in [0.3, 0.4) is 0 Å². The predicted octanol–water partition coefficient (Wildman–Crippen LogP) is 2.55. The lowest BCUT2D eigenvalue weighted by atomic mass is 10.2. The fraction of sp³-hybridized carbons (Fsp3) is 0.667. The lowest BCUT2D eigenvalue weighted by Gasteiger charge is -2.18. The van der Waals surface area contributed by atoms with E-state index in [0.717, 1.165) is 17.7 Å². The maximum Gasteiger partial charge on any atom is 0.319 e. The summed E-state index contributed by atoms with van der Waals surface area (Å²) in [5.41, 5.74) is 1.09. The molecule has 0 aromatic rings. The van der Waals surface area contributed by atoms with E-state index in [4.69, 9.17) is 5.11 Å². The van der Waals surface area contributed by atoms with Gasteiger partial charge in [-0.1, -0.05) is 19.1 Å². The van der Waals surface area contributed by atoms with E-state index in [1.54, 1.807) is 13.8 Å². The van der Waals surface area contributed by atoms with Gasteiger partial charge in [0.1, 0.15) is 4.75 Å². The molecule has 0 heterocycles. The molecule has 0 radical (unpaired) electrons. The summed E-state index contributed by atoms with van der Waals surface area (Å²) in [5, 5.41) is 8.78. The van der Waals surface area contributed by atoms with Gasteiger partial charge in [0.2, 0.25) is 0 Å². The van der Waals surface area contributed by atoms with Gasteiger partial charge in [-0.2, -0.15) is 0 Å². The predicted molar refractivity (Wildman–Crippen MR) is 53.6 cm³/mol. The van der Waals surface area contributed by atoms with Gasteiger partial charge >= 0.3 is 5.97 Å². The molecule has 0 bridgehead atoms. The normalized spacial score (nSPS) is 11.2. The summed E-state index contributed by atoms with van der Waals surface area (Å²) in [6.45, 7) is 9.27. The van der Waals surface area contributed by atoms with Gasteiger partial charge in [0.05, 0.1) is 0 Å². The zero-order valence-corrected chi connectivity index (χ0v) is 8.70. The van der Waals surface area contributed by atoms with Crippen LogP contribution < -0.4 is 0 Å². The number of aliphatic carboxylic acids is 1. The fourth-order valence-corrected chi connectivity index (χ4v) is 1.34. The second kappa shape index (κ2) is 4.55. The van der Waals surface area contributed by atoms with Crippen molar-refractivity contribution in [1.29, 1.82) is 0 Å². The topological polar surface area (TPSA) is 37.3 Å². The van der Waals surface area contributed by atoms with Gasteiger partial charge in [0, 0.05) is 5.75 Å². The molecule has 0 aliphatic heterocycles. The highest BCUT2D eigenvalue weighted by Crippen LogP contribution is 2.26. The van der Waals surface area contributed by atoms with E-state index in [0.29, 0.717) is 0 Å². The molecule has 0 saturated carbocycles. The summed E-state index contributed by atoms with van der Waals surface area (Å²) in [6, 6.07) is 0. The second-order valence-corrected chi connectivity index (χ2v) is 4.81. The first-order valence-electron chi connectivity index (χ1n) is 3.94. The Balaban J connectivity index is 3.92. The Morgan fingerprint density at radius 1 is 1.58 bits per heavy atom. The molecule has 0 fully saturated rings. The zero-order chi connectivity index (χ0) is 9.78. The molecule has 0 unspecified atom stereocenters. The minimum atomic E-state index is -0.767. The van der Waals surface area contributed by atoms with Gasteiger partial charge in [0.25, 0.3) is 0 Å². The maximum absolute atomic E-state index is 10.7. The Morgan fingerprint density at radius 3 is 2.42 bits per heavy atom. The largest absolute Gasteiger partial charge is 0.480 e. The third-order valence-electron chi connectivity index (χ3n) is 1.65. The number of thioether (sulfide) groups is 1. The first-order chi connectivity index (χ1) is 5.40. The summed E-state index contributed by atoms with van der Waals surface area (Å²) >= 11 is 1.42. The van der Waals surface area contributed by atoms with Crippen LogP contribution in [0.15, 0.2) is 12.2 Å². The standard InChI is InChI=1S/C9H16O2S/c1-5-7(2)6-12-9(3,4)8(10)11/h2,5-6H2,1,3-4H3,(H,10,11). The summed E-state index contributed by atoms with van der Waals surface area (Å²) in [5.74, 6) is -0.0353. The number of rotatable bonds is 5. The number of hydrogen-bond acceptors (Lipinski definition) is 2. The van der Waals surface area contributed by atoms with Crippen LogP contribution in [-0.2, 0) is 4.79 Å². The number of carboxylic acids is 1. The van der Waals surface area contributed by atoms with Crippen LogP contribution in [0.2, 0.25) is 0 Å². The average molecular weight is 188 g/mol. The van der Waals surface area contributed by atoms with Crippen LogP contribution in [0.5, 0.6) is 0 Å². The van der Waals surface area contributed by atoms with Crippen LogP contribution in [-0.4, -0.2) is 21.6 Å². The van der Waals surface area contributed by atoms with Gasteiger partial charge in [0.15, 0.2) is 0 Å². The van der Waals surface area contributed by atoms with Crippen molar-refractivity contribution >= 4 is 17.7 Å². The second-order valence-electron chi connectivity index (χ2n) is 3.21. The lowest BCUT2D eigenvalue weighted by molar-refractivity contribution is -0.138. The Bertz CT molecular complexity index is 185. The van der Waals surface area contributed by atoms with Crippen molar-refractivity contribution in [2.75, 3.05) is 5.75 Å². The minimum Gasteiger partial charge on any atom is -0.480 e. The van der Waals surface area contributed by atoms with E-state index < -0.39 is 10.7 Å². The molecule has 0 amide bonds. The minimum absolute atomic E-state index is 0.696. The first-order valence-corrected chi connectivity index (χ1v) is 4.92. The number of carboxylic acid groups (broad SMARTS) is 1. The molecule has 0 saturated heterocycles. The number of hydrogen-bond donors (Lipinski definition) is 1. The van der Waals surface area contributed by atoms with Gasteiger partial charge in [-0.25, -0.2) is 0 Å². The Kier molecular flexibility index (Phi) is 4.39. The van der Waals surface area contributed by atoms with Crippen LogP contribution in [0.4, 0.5) is 0 Å². The Hall–Kier alpha value is -0.440. The van der Waals surface area contributed by atoms with E-state index in [-0.39, 0.29) is 0 Å². The molecule has 0 aliphatic carbocycles. The van der Waals surface area contributed by atoms with Crippen molar-refractivity contribution in [3.63, 3.8) is 0 Å². The van der Waals surface area contributed by atoms with E-state index in [1.807, 2.05) is 6.92 Å². The summed E-state index contributed by atoms with van der Waals surface area (Å²) < 4.78 is -0.696. The van der Waals surface area contributed by atoms with Gasteiger partial charge in [-0.3, -0.25) is 4.79 Å². The monoisotopic (exact) mass is 188 g/mol. The van der Waals surface area contributed by atoms with Crippen molar-refractivity contribution in [3.05, 3.63) is 12.2 Å². The van der Waals surface area contributed by atoms with Crippen molar-refractivity contribution in [3.8, 4) is 0 Å². The molecule has 1 N–H and O–H groups in total. The van der Waals surface area contributed by atoms with Crippen LogP contribution in [0.25, 0.3) is 0 Å². The zero-order valence-electron chi connectivity index (χ0n) is 7.89. The third-order valence-corrected chi connectivity index (χ3v) is 3.10. The first kappa shape index (κ1) is 11.6. The quantitative estimate of drug-likeness (QED) is 0.674. The molecule has 0 atom stereocenters. The average Bonchev–Trinajstić information content (AvgIpc) is 2.00. The van der Waals surface area contributed by atoms with Crippen LogP contribution >= 0.6 is 11.8 Å². The molecule has 3 heteroatoms. The molecular weight excluding hydrogens is 172 g/mol. The van der Waals surface area contributed by atoms with Crippen LogP contribution in [0, 0.1) is 0 Å². The Morgan fingerprint density at radius 2 is 2.08 bits per heavy atom. The summed E-state index contributed by atoms with van der Waals surface area (Å²) in [6.07, 6.45) is 0.919. The van der Waals surface area contributed by atoms with Crippen molar-refractivity contribution in [1.82, 2.24) is 0 Å². The Labute approximate surface area is 78.0 Å². The molecule has 12 heavy (non-hydrogen) atoms. The molecule has 0 spiro atoms. The van der Waals surface area contributed by atoms with E-state index in [1.165, 1.54) is 11.8 Å². The number of carbonyl (C=O) groups is 1. The van der Waals surface area contributed by atoms with Crippen molar-refractivity contribution in [2.24, 2.45) is 0 Å². The molecule has 70 valence electrons. The molecule has 0 rings (SSSR count).